The fourth-order valence-electron chi connectivity index (χ4n) is 6.76. The minimum atomic E-state index is -1.41. The molecule has 3 aromatic carbocycles. The molecular weight excluding hydrogens is 584 g/mol. The first kappa shape index (κ1) is 26.2. The van der Waals surface area contributed by atoms with Crippen LogP contribution in [-0.2, 0) is 16.9 Å². The molecule has 11 nitrogen and oxygen atoms in total. The summed E-state index contributed by atoms with van der Waals surface area (Å²) in [6, 6.07) is 15.4. The number of nitro benzene ring substituents is 1. The van der Waals surface area contributed by atoms with Gasteiger partial charge < -0.3 is 14.8 Å². The Morgan fingerprint density at radius 3 is 2.67 bits per heavy atom. The van der Waals surface area contributed by atoms with E-state index in [2.05, 4.69) is 21.2 Å². The van der Waals surface area contributed by atoms with Gasteiger partial charge in [-0.25, -0.2) is 0 Å². The van der Waals surface area contributed by atoms with E-state index >= 15 is 0 Å². The predicted molar refractivity (Wildman–Crippen MR) is 148 cm³/mol. The van der Waals surface area contributed by atoms with Crippen molar-refractivity contribution in [3.8, 4) is 11.5 Å². The van der Waals surface area contributed by atoms with Gasteiger partial charge in [0.25, 0.3) is 17.6 Å². The number of nitrogens with zero attached hydrogens (tertiary/aromatic N) is 3. The van der Waals surface area contributed by atoms with Crippen LogP contribution < -0.4 is 14.8 Å². The molecule has 6 rings (SSSR count). The fraction of sp³-hybridized carbons (Fsp3) is 0.321. The third-order valence-electron chi connectivity index (χ3n) is 8.24. The molecule has 0 saturated carbocycles. The van der Waals surface area contributed by atoms with Crippen LogP contribution in [0.1, 0.15) is 35.4 Å². The van der Waals surface area contributed by atoms with Crippen LogP contribution in [0.3, 0.4) is 0 Å². The maximum Gasteiger partial charge on any atom is 0.269 e. The quantitative estimate of drug-likeness (QED) is 0.292. The first-order valence-electron chi connectivity index (χ1n) is 12.8. The Labute approximate surface area is 237 Å². The lowest BCUT2D eigenvalue weighted by atomic mass is 9.77. The van der Waals surface area contributed by atoms with E-state index < -0.39 is 22.4 Å². The number of carbonyl (C=O) groups excluding carboxylic acids is 1. The van der Waals surface area contributed by atoms with Gasteiger partial charge in [0.05, 0.1) is 22.4 Å². The van der Waals surface area contributed by atoms with Crippen molar-refractivity contribution < 1.29 is 24.1 Å². The van der Waals surface area contributed by atoms with Crippen LogP contribution >= 0.6 is 15.9 Å². The first-order valence-corrected chi connectivity index (χ1v) is 13.6. The highest BCUT2D eigenvalue weighted by atomic mass is 79.9. The zero-order chi connectivity index (χ0) is 28.2. The summed E-state index contributed by atoms with van der Waals surface area (Å²) in [4.78, 5) is 38.9. The summed E-state index contributed by atoms with van der Waals surface area (Å²) in [6.07, 6.45) is 1.54. The number of carbonyl (C=O) groups is 1. The first-order chi connectivity index (χ1) is 19.3. The molecule has 0 radical (unpaired) electrons. The number of amides is 1. The number of ether oxygens (including phenoxy) is 2. The van der Waals surface area contributed by atoms with Crippen LogP contribution in [0.4, 0.5) is 11.4 Å². The molecule has 3 aromatic rings. The number of hydrogen-bond acceptors (Lipinski definition) is 8. The van der Waals surface area contributed by atoms with E-state index in [9.17, 15) is 25.0 Å². The molecule has 1 N–H and O–H groups in total. The molecule has 0 aliphatic carbocycles. The zero-order valence-electron chi connectivity index (χ0n) is 21.4. The molecule has 206 valence electrons. The Balaban J connectivity index is 1.40. The maximum absolute atomic E-state index is 13.7. The van der Waals surface area contributed by atoms with Gasteiger partial charge in [0, 0.05) is 40.9 Å². The average Bonchev–Trinajstić information content (AvgIpc) is 3.60. The number of benzene rings is 3. The van der Waals surface area contributed by atoms with E-state index in [4.69, 9.17) is 9.47 Å². The smallest absolute Gasteiger partial charge is 0.269 e. The Morgan fingerprint density at radius 2 is 1.93 bits per heavy atom. The molecule has 1 spiro atoms. The molecule has 0 unspecified atom stereocenters. The second-order valence-electron chi connectivity index (χ2n) is 10.2. The molecule has 3 aliphatic heterocycles. The topological polar surface area (TPSA) is 137 Å². The monoisotopic (exact) mass is 608 g/mol. The van der Waals surface area contributed by atoms with E-state index in [0.29, 0.717) is 44.9 Å². The summed E-state index contributed by atoms with van der Waals surface area (Å²) in [6.45, 7) is 0.628. The fourth-order valence-corrected chi connectivity index (χ4v) is 7.34. The van der Waals surface area contributed by atoms with Crippen LogP contribution in [0.15, 0.2) is 65.1 Å². The van der Waals surface area contributed by atoms with Crippen molar-refractivity contribution in [3.63, 3.8) is 0 Å². The Morgan fingerprint density at radius 1 is 1.12 bits per heavy atom. The van der Waals surface area contributed by atoms with E-state index in [0.717, 1.165) is 12.8 Å². The number of nitrogens with one attached hydrogen (secondary N) is 1. The second kappa shape index (κ2) is 9.86. The number of hydrogen-bond donors (Lipinski definition) is 1. The number of halogens is 1. The summed E-state index contributed by atoms with van der Waals surface area (Å²) >= 11 is 3.56. The van der Waals surface area contributed by atoms with Crippen molar-refractivity contribution in [3.05, 3.63) is 102 Å². The number of para-hydroxylation sites is 1. The van der Waals surface area contributed by atoms with Crippen molar-refractivity contribution in [2.24, 2.45) is 0 Å². The van der Waals surface area contributed by atoms with E-state index in [1.165, 1.54) is 19.2 Å². The normalized spacial score (nSPS) is 24.9. The highest BCUT2D eigenvalue weighted by Gasteiger charge is 2.73. The summed E-state index contributed by atoms with van der Waals surface area (Å²) in [5.74, 6) is -0.229. The van der Waals surface area contributed by atoms with Gasteiger partial charge in [0.15, 0.2) is 17.0 Å². The lowest BCUT2D eigenvalue weighted by molar-refractivity contribution is -0.534. The largest absolute Gasteiger partial charge is 0.493 e. The van der Waals surface area contributed by atoms with Crippen LogP contribution in [0.25, 0.3) is 0 Å². The third kappa shape index (κ3) is 3.85. The standard InChI is InChI=1S/C28H25BrN4O7/c1-39-23-14-17(13-20(29)25(23)40-15-16-6-4-7-18(12-16)32(35)36)24-22-10-5-11-31(22)28(26(24)33(37)38)19-8-2-3-9-21(19)30-27(28)34/h2-4,6-9,12-14,22,24,26H,5,10-11,15H2,1H3,(H,30,34)/t22-,24+,26+,28+/m0/s1. The van der Waals surface area contributed by atoms with E-state index in [1.54, 1.807) is 30.3 Å². The SMILES string of the molecule is COc1cc([C@@H]2[C@@H]3CCCN3[C@@]3(C(=O)Nc4ccccc43)[C@@H]2[N+](=O)[O-])cc(Br)c1OCc1cccc([N+](=O)[O-])c1. The molecule has 1 amide bonds. The molecule has 12 heteroatoms. The van der Waals surface area contributed by atoms with Crippen molar-refractivity contribution >= 4 is 33.2 Å². The van der Waals surface area contributed by atoms with Crippen molar-refractivity contribution in [2.75, 3.05) is 19.0 Å². The van der Waals surface area contributed by atoms with Gasteiger partial charge in [0.1, 0.15) is 6.61 Å². The van der Waals surface area contributed by atoms with Crippen LogP contribution in [0.5, 0.6) is 11.5 Å². The Bertz CT molecular complexity index is 1550. The molecule has 40 heavy (non-hydrogen) atoms. The van der Waals surface area contributed by atoms with Crippen molar-refractivity contribution in [1.29, 1.82) is 0 Å². The average molecular weight is 609 g/mol. The Hall–Kier alpha value is -4.03. The third-order valence-corrected chi connectivity index (χ3v) is 8.82. The number of nitro groups is 2. The summed E-state index contributed by atoms with van der Waals surface area (Å²) in [5.41, 5.74) is 1.06. The lowest BCUT2D eigenvalue weighted by Crippen LogP contribution is -2.55. The van der Waals surface area contributed by atoms with Gasteiger partial charge in [-0.15, -0.1) is 0 Å². The molecule has 4 atom stereocenters. The summed E-state index contributed by atoms with van der Waals surface area (Å²) in [7, 11) is 1.48. The molecule has 2 fully saturated rings. The summed E-state index contributed by atoms with van der Waals surface area (Å²) < 4.78 is 12.2. The minimum absolute atomic E-state index is 0.0397. The molecule has 2 saturated heterocycles. The van der Waals surface area contributed by atoms with Crippen molar-refractivity contribution in [1.82, 2.24) is 4.90 Å². The lowest BCUT2D eigenvalue weighted by Gasteiger charge is -2.32. The van der Waals surface area contributed by atoms with Gasteiger partial charge in [-0.1, -0.05) is 30.3 Å². The van der Waals surface area contributed by atoms with Crippen LogP contribution in [-0.4, -0.2) is 46.4 Å². The second-order valence-corrected chi connectivity index (χ2v) is 11.0. The summed E-state index contributed by atoms with van der Waals surface area (Å²) in [5, 5.41) is 26.9. The molecule has 0 aromatic heterocycles. The maximum atomic E-state index is 13.7. The molecule has 3 aliphatic rings. The van der Waals surface area contributed by atoms with Gasteiger partial charge in [0.2, 0.25) is 0 Å². The van der Waals surface area contributed by atoms with Crippen LogP contribution in [0, 0.1) is 20.2 Å². The molecule has 0 bridgehead atoms. The minimum Gasteiger partial charge on any atom is -0.493 e. The van der Waals surface area contributed by atoms with Gasteiger partial charge in [-0.05, 0) is 58.1 Å². The van der Waals surface area contributed by atoms with Gasteiger partial charge in [-0.2, -0.15) is 0 Å². The highest BCUT2D eigenvalue weighted by Crippen LogP contribution is 2.58. The highest BCUT2D eigenvalue weighted by molar-refractivity contribution is 9.10. The number of non-ortho nitro benzene ring substituents is 1. The predicted octanol–water partition coefficient (Wildman–Crippen LogP) is 5.00. The van der Waals surface area contributed by atoms with Crippen LogP contribution in [0.2, 0.25) is 0 Å². The molecular formula is C28H25BrN4O7. The number of anilines is 1. The van der Waals surface area contributed by atoms with Crippen molar-refractivity contribution in [2.45, 2.75) is 43.0 Å². The number of rotatable bonds is 7. The van der Waals surface area contributed by atoms with E-state index in [1.807, 2.05) is 23.1 Å². The van der Waals surface area contributed by atoms with Gasteiger partial charge in [-0.3, -0.25) is 29.9 Å². The zero-order valence-corrected chi connectivity index (χ0v) is 23.0. The number of methoxy groups -OCH3 is 1. The molecule has 3 heterocycles. The van der Waals surface area contributed by atoms with E-state index in [-0.39, 0.29) is 29.2 Å². The Kier molecular flexibility index (Phi) is 6.46. The number of fused-ring (bicyclic) bond motifs is 4. The van der Waals surface area contributed by atoms with Gasteiger partial charge >= 0.3 is 0 Å².